The van der Waals surface area contributed by atoms with E-state index in [1.807, 2.05) is 19.1 Å². The Morgan fingerprint density at radius 2 is 2.00 bits per heavy atom. The summed E-state index contributed by atoms with van der Waals surface area (Å²) < 4.78 is 17.7. The van der Waals surface area contributed by atoms with Crippen LogP contribution in [0, 0.1) is 24.1 Å². The molecule has 0 amide bonds. The minimum absolute atomic E-state index is 0.145. The van der Waals surface area contributed by atoms with Gasteiger partial charge in [0.05, 0.1) is 22.0 Å². The van der Waals surface area contributed by atoms with Crippen molar-refractivity contribution in [1.29, 1.82) is 5.26 Å². The molecule has 4 rings (SSSR count). The molecule has 0 aliphatic rings. The van der Waals surface area contributed by atoms with Crippen molar-refractivity contribution >= 4 is 28.8 Å². The first-order valence-corrected chi connectivity index (χ1v) is 10.4. The Bertz CT molecular complexity index is 1570. The van der Waals surface area contributed by atoms with Crippen LogP contribution in [0.3, 0.4) is 0 Å². The van der Waals surface area contributed by atoms with Crippen LogP contribution in [0.2, 0.25) is 0 Å². The molecule has 158 valence electrons. The van der Waals surface area contributed by atoms with E-state index in [9.17, 15) is 19.2 Å². The lowest BCUT2D eigenvalue weighted by atomic mass is 10.0. The van der Waals surface area contributed by atoms with E-state index in [1.165, 1.54) is 22.8 Å². The van der Waals surface area contributed by atoms with Gasteiger partial charge in [-0.1, -0.05) is 24.3 Å². The number of thiazole rings is 1. The molecule has 0 saturated carbocycles. The third-order valence-corrected chi connectivity index (χ3v) is 5.87. The number of aryl methyl sites for hydroxylation is 2. The molecular weight excluding hydrogens is 427 g/mol. The monoisotopic (exact) mass is 444 g/mol. The molecule has 2 heterocycles. The molecule has 0 saturated heterocycles. The topological polar surface area (TPSA) is 80.7 Å². The fourth-order valence-electron chi connectivity index (χ4n) is 3.29. The van der Waals surface area contributed by atoms with Crippen LogP contribution in [0.15, 0.2) is 65.7 Å². The molecule has 0 aliphatic heterocycles. The summed E-state index contributed by atoms with van der Waals surface area (Å²) in [6.07, 6.45) is 5.00. The number of hydrogen-bond donors (Lipinski definition) is 0. The van der Waals surface area contributed by atoms with E-state index in [2.05, 4.69) is 5.10 Å². The van der Waals surface area contributed by atoms with Crippen molar-refractivity contribution < 1.29 is 9.18 Å². The number of Topliss-reactive ketones (excluding diaryl/α,β-unsaturated/α-hetero) is 1. The van der Waals surface area contributed by atoms with Gasteiger partial charge in [-0.05, 0) is 42.8 Å². The zero-order valence-electron chi connectivity index (χ0n) is 17.2. The highest BCUT2D eigenvalue weighted by Crippen LogP contribution is 2.13. The summed E-state index contributed by atoms with van der Waals surface area (Å²) in [7, 11) is 1.76. The van der Waals surface area contributed by atoms with E-state index in [4.69, 9.17) is 0 Å². The number of rotatable bonds is 4. The lowest BCUT2D eigenvalue weighted by Gasteiger charge is -2.05. The standard InChI is InChI=1S/C24H17FN4O2S/c1-15-6-5-7-17(10-15)29-23(31)21(11-16-13-27-28(2)14-16)32-24(29)19(12-26)22(30)18-8-3-4-9-20(18)25/h3-11,13-14H,1-2H3/b21-11+,24-19-. The predicted molar refractivity (Wildman–Crippen MR) is 120 cm³/mol. The first-order valence-electron chi connectivity index (χ1n) is 9.62. The van der Waals surface area contributed by atoms with Crippen molar-refractivity contribution in [3.8, 4) is 11.8 Å². The average molecular weight is 444 g/mol. The minimum Gasteiger partial charge on any atom is -0.288 e. The summed E-state index contributed by atoms with van der Waals surface area (Å²) >= 11 is 1.01. The number of nitrogens with zero attached hydrogens (tertiary/aromatic N) is 4. The molecule has 0 N–H and O–H groups in total. The van der Waals surface area contributed by atoms with Crippen LogP contribution in [0.4, 0.5) is 4.39 Å². The minimum atomic E-state index is -0.777. The summed E-state index contributed by atoms with van der Waals surface area (Å²) in [5, 5.41) is 14.0. The van der Waals surface area contributed by atoms with Gasteiger partial charge in [0.1, 0.15) is 22.1 Å². The second-order valence-electron chi connectivity index (χ2n) is 7.14. The molecule has 0 spiro atoms. The van der Waals surface area contributed by atoms with Gasteiger partial charge in [-0.2, -0.15) is 10.4 Å². The maximum atomic E-state index is 14.3. The van der Waals surface area contributed by atoms with Gasteiger partial charge < -0.3 is 0 Å². The molecule has 0 bridgehead atoms. The van der Waals surface area contributed by atoms with Gasteiger partial charge >= 0.3 is 0 Å². The van der Waals surface area contributed by atoms with Gasteiger partial charge in [-0.3, -0.25) is 18.8 Å². The smallest absolute Gasteiger partial charge is 0.273 e. The Kier molecular flexibility index (Phi) is 5.67. The van der Waals surface area contributed by atoms with Crippen molar-refractivity contribution in [2.75, 3.05) is 0 Å². The van der Waals surface area contributed by atoms with Gasteiger partial charge in [0.2, 0.25) is 5.78 Å². The number of benzene rings is 2. The third kappa shape index (κ3) is 3.94. The van der Waals surface area contributed by atoms with Gasteiger partial charge in [0, 0.05) is 18.8 Å². The van der Waals surface area contributed by atoms with Crippen LogP contribution in [0.25, 0.3) is 17.3 Å². The van der Waals surface area contributed by atoms with Crippen molar-refractivity contribution in [2.24, 2.45) is 7.05 Å². The zero-order chi connectivity index (χ0) is 22.8. The Labute approximate surface area is 186 Å². The summed E-state index contributed by atoms with van der Waals surface area (Å²) in [6.45, 7) is 1.88. The van der Waals surface area contributed by atoms with Crippen molar-refractivity contribution in [3.05, 3.63) is 103 Å². The molecule has 6 nitrogen and oxygen atoms in total. The summed E-state index contributed by atoms with van der Waals surface area (Å²) in [5.74, 6) is -1.51. The zero-order valence-corrected chi connectivity index (χ0v) is 18.1. The Hall–Kier alpha value is -4.09. The number of aromatic nitrogens is 3. The van der Waals surface area contributed by atoms with Crippen LogP contribution >= 0.6 is 11.3 Å². The molecule has 4 aromatic rings. The van der Waals surface area contributed by atoms with E-state index in [0.717, 1.165) is 23.0 Å². The quantitative estimate of drug-likeness (QED) is 0.453. The van der Waals surface area contributed by atoms with E-state index in [0.29, 0.717) is 15.8 Å². The van der Waals surface area contributed by atoms with E-state index in [1.54, 1.807) is 48.4 Å². The predicted octanol–water partition coefficient (Wildman–Crippen LogP) is 2.47. The fourth-order valence-corrected chi connectivity index (χ4v) is 4.40. The molecule has 8 heteroatoms. The van der Waals surface area contributed by atoms with E-state index < -0.39 is 11.6 Å². The molecule has 0 fully saturated rings. The number of carbonyl (C=O) groups excluding carboxylic acids is 1. The maximum Gasteiger partial charge on any atom is 0.273 e. The highest BCUT2D eigenvalue weighted by atomic mass is 32.1. The van der Waals surface area contributed by atoms with Gasteiger partial charge in [-0.15, -0.1) is 11.3 Å². The molecule has 0 atom stereocenters. The second-order valence-corrected chi connectivity index (χ2v) is 8.17. The number of ketones is 1. The van der Waals surface area contributed by atoms with Gasteiger partial charge in [0.25, 0.3) is 5.56 Å². The molecule has 2 aromatic heterocycles. The van der Waals surface area contributed by atoms with Crippen LogP contribution in [-0.2, 0) is 7.05 Å². The number of hydrogen-bond acceptors (Lipinski definition) is 5. The molecular formula is C24H17FN4O2S. The largest absolute Gasteiger partial charge is 0.288 e. The van der Waals surface area contributed by atoms with Crippen LogP contribution < -0.4 is 14.8 Å². The van der Waals surface area contributed by atoms with E-state index in [-0.39, 0.29) is 21.4 Å². The van der Waals surface area contributed by atoms with Crippen LogP contribution in [0.1, 0.15) is 21.5 Å². The highest BCUT2D eigenvalue weighted by Gasteiger charge is 2.21. The van der Waals surface area contributed by atoms with Gasteiger partial charge in [0.15, 0.2) is 0 Å². The lowest BCUT2D eigenvalue weighted by molar-refractivity contribution is 0.105. The van der Waals surface area contributed by atoms with Crippen molar-refractivity contribution in [3.63, 3.8) is 0 Å². The Morgan fingerprint density at radius 3 is 2.66 bits per heavy atom. The van der Waals surface area contributed by atoms with Crippen LogP contribution in [-0.4, -0.2) is 20.1 Å². The summed E-state index contributed by atoms with van der Waals surface area (Å²) in [6, 6.07) is 14.5. The molecule has 0 radical (unpaired) electrons. The second kappa shape index (κ2) is 8.57. The molecule has 2 aromatic carbocycles. The van der Waals surface area contributed by atoms with Crippen molar-refractivity contribution in [1.82, 2.24) is 14.3 Å². The first kappa shape index (κ1) is 21.2. The fraction of sp³-hybridized carbons (Fsp3) is 0.0833. The first-order chi connectivity index (χ1) is 15.4. The number of nitriles is 1. The number of carbonyl (C=O) groups is 1. The van der Waals surface area contributed by atoms with Crippen LogP contribution in [0.5, 0.6) is 0 Å². The molecule has 32 heavy (non-hydrogen) atoms. The third-order valence-electron chi connectivity index (χ3n) is 4.78. The molecule has 0 unspecified atom stereocenters. The number of halogens is 1. The Balaban J connectivity index is 2.08. The summed E-state index contributed by atoms with van der Waals surface area (Å²) in [5.41, 5.74) is 1.22. The lowest BCUT2D eigenvalue weighted by Crippen LogP contribution is -2.31. The average Bonchev–Trinajstić information content (AvgIpc) is 3.32. The SMILES string of the molecule is Cc1cccc(-n2c(=O)/c(=C\c3cnn(C)c3)s/c2=C(/C#N)C(=O)c2ccccc2F)c1. The van der Waals surface area contributed by atoms with Gasteiger partial charge in [-0.25, -0.2) is 4.39 Å². The van der Waals surface area contributed by atoms with Crippen molar-refractivity contribution in [2.45, 2.75) is 6.92 Å². The molecule has 0 aliphatic carbocycles. The van der Waals surface area contributed by atoms with E-state index >= 15 is 0 Å². The Morgan fingerprint density at radius 1 is 1.22 bits per heavy atom. The normalized spacial score (nSPS) is 12.5. The highest BCUT2D eigenvalue weighted by molar-refractivity contribution is 7.07. The summed E-state index contributed by atoms with van der Waals surface area (Å²) in [4.78, 5) is 26.5. The maximum absolute atomic E-state index is 14.3.